The maximum absolute atomic E-state index is 10.8. The first-order valence-corrected chi connectivity index (χ1v) is 5.68. The normalized spacial score (nSPS) is 10.1. The number of amides is 1. The average Bonchev–Trinajstić information content (AvgIpc) is 2.99. The molecule has 0 bridgehead atoms. The predicted octanol–water partition coefficient (Wildman–Crippen LogP) is 1.39. The summed E-state index contributed by atoms with van der Waals surface area (Å²) in [6, 6.07) is 9.39. The summed E-state index contributed by atoms with van der Waals surface area (Å²) in [4.78, 5) is 13.9. The van der Waals surface area contributed by atoms with Crippen LogP contribution < -0.4 is 5.73 Å². The van der Waals surface area contributed by atoms with Crippen molar-refractivity contribution in [2.45, 2.75) is 0 Å². The Labute approximate surface area is 108 Å². The van der Waals surface area contributed by atoms with E-state index >= 15 is 0 Å². The lowest BCUT2D eigenvalue weighted by Crippen LogP contribution is -2.06. The largest absolute Gasteiger partial charge is 0.359 e. The molecule has 3 aromatic rings. The Morgan fingerprint density at radius 2 is 2.11 bits per heavy atom. The minimum absolute atomic E-state index is 0.651. The zero-order valence-electron chi connectivity index (χ0n) is 9.90. The van der Waals surface area contributed by atoms with Gasteiger partial charge in [-0.15, -0.1) is 0 Å². The maximum atomic E-state index is 10.8. The van der Waals surface area contributed by atoms with Crippen LogP contribution in [0.1, 0.15) is 5.56 Å². The van der Waals surface area contributed by atoms with Crippen LogP contribution in [0.5, 0.6) is 0 Å². The molecule has 0 aliphatic heterocycles. The molecule has 0 spiro atoms. The number of carbonyl (C=O) groups is 1. The lowest BCUT2D eigenvalue weighted by atomic mass is 10.0. The van der Waals surface area contributed by atoms with E-state index in [2.05, 4.69) is 27.0 Å². The Balaban J connectivity index is 2.19. The molecule has 5 heteroatoms. The highest BCUT2D eigenvalue weighted by Gasteiger charge is 2.11. The molecule has 0 aliphatic carbocycles. The van der Waals surface area contributed by atoms with E-state index < -0.39 is 5.91 Å². The van der Waals surface area contributed by atoms with Crippen LogP contribution in [-0.4, -0.2) is 21.1 Å². The lowest BCUT2D eigenvalue weighted by molar-refractivity contribution is -0.112. The molecule has 2 heterocycles. The van der Waals surface area contributed by atoms with Crippen LogP contribution in [0.25, 0.3) is 22.3 Å². The number of hydrogen-bond acceptors (Lipinski definition) is 2. The fourth-order valence-corrected chi connectivity index (χ4v) is 1.95. The number of carbonyl (C=O) groups excluding carboxylic acids is 1. The molecule has 0 fully saturated rings. The highest BCUT2D eigenvalue weighted by Crippen LogP contribution is 2.27. The van der Waals surface area contributed by atoms with Gasteiger partial charge in [0.15, 0.2) is 0 Å². The Morgan fingerprint density at radius 1 is 1.26 bits per heavy atom. The van der Waals surface area contributed by atoms with Crippen LogP contribution in [0.15, 0.2) is 36.5 Å². The third-order valence-corrected chi connectivity index (χ3v) is 2.77. The van der Waals surface area contributed by atoms with Crippen LogP contribution in [0.3, 0.4) is 0 Å². The summed E-state index contributed by atoms with van der Waals surface area (Å²) >= 11 is 0. The van der Waals surface area contributed by atoms with Gasteiger partial charge >= 0.3 is 0 Å². The van der Waals surface area contributed by atoms with Crippen molar-refractivity contribution in [2.24, 2.45) is 5.73 Å². The van der Waals surface area contributed by atoms with E-state index in [1.54, 1.807) is 0 Å². The van der Waals surface area contributed by atoms with Gasteiger partial charge < -0.3 is 10.7 Å². The number of aromatic amines is 2. The number of aromatic nitrogens is 3. The highest BCUT2D eigenvalue weighted by atomic mass is 16.1. The number of nitrogens with two attached hydrogens (primary N) is 1. The van der Waals surface area contributed by atoms with E-state index in [1.165, 1.54) is 0 Å². The minimum atomic E-state index is -0.651. The van der Waals surface area contributed by atoms with Gasteiger partial charge in [0.05, 0.1) is 11.0 Å². The summed E-state index contributed by atoms with van der Waals surface area (Å²) in [6.45, 7) is 0. The van der Waals surface area contributed by atoms with Crippen molar-refractivity contribution in [3.8, 4) is 23.1 Å². The lowest BCUT2D eigenvalue weighted by Gasteiger charge is -2.00. The number of primary amides is 1. The molecule has 1 amide bonds. The summed E-state index contributed by atoms with van der Waals surface area (Å²) in [5, 5.41) is 7.21. The van der Waals surface area contributed by atoms with E-state index in [-0.39, 0.29) is 0 Å². The first-order valence-electron chi connectivity index (χ1n) is 5.68. The Bertz CT molecular complexity index is 816. The van der Waals surface area contributed by atoms with Crippen LogP contribution in [0, 0.1) is 11.8 Å². The average molecular weight is 250 g/mol. The fraction of sp³-hybridized carbons (Fsp3) is 0. The van der Waals surface area contributed by atoms with Gasteiger partial charge in [0.25, 0.3) is 5.91 Å². The summed E-state index contributed by atoms with van der Waals surface area (Å²) in [5.74, 6) is 4.46. The molecule has 0 unspecified atom stereocenters. The quantitative estimate of drug-likeness (QED) is 0.570. The predicted molar refractivity (Wildman–Crippen MR) is 72.0 cm³/mol. The second-order valence-electron chi connectivity index (χ2n) is 4.00. The standard InChI is InChI=1S/C14H10N4O/c15-12(19)6-5-9-3-1-2-4-10(9)13-14-11(17-18-13)7-8-16-14/h1-4,7-8,16H,(H2,15,19)(H,17,18). The van der Waals surface area contributed by atoms with Crippen LogP contribution in [0.2, 0.25) is 0 Å². The van der Waals surface area contributed by atoms with Crippen molar-refractivity contribution in [3.63, 3.8) is 0 Å². The Hall–Kier alpha value is -3.00. The molecule has 0 atom stereocenters. The van der Waals surface area contributed by atoms with Crippen LogP contribution >= 0.6 is 0 Å². The summed E-state index contributed by atoms with van der Waals surface area (Å²) in [5.41, 5.74) is 9.21. The van der Waals surface area contributed by atoms with Crippen molar-refractivity contribution < 1.29 is 4.79 Å². The molecule has 0 aliphatic rings. The molecule has 19 heavy (non-hydrogen) atoms. The minimum Gasteiger partial charge on any atom is -0.359 e. The first-order chi connectivity index (χ1) is 9.25. The molecule has 0 radical (unpaired) electrons. The monoisotopic (exact) mass is 250 g/mol. The van der Waals surface area contributed by atoms with Crippen molar-refractivity contribution in [1.29, 1.82) is 0 Å². The molecule has 3 rings (SSSR count). The number of H-pyrrole nitrogens is 2. The third-order valence-electron chi connectivity index (χ3n) is 2.77. The molecule has 4 N–H and O–H groups in total. The molecular formula is C14H10N4O. The van der Waals surface area contributed by atoms with Crippen molar-refractivity contribution in [3.05, 3.63) is 42.1 Å². The van der Waals surface area contributed by atoms with Gasteiger partial charge in [-0.2, -0.15) is 5.10 Å². The van der Waals surface area contributed by atoms with Crippen LogP contribution in [-0.2, 0) is 4.79 Å². The van der Waals surface area contributed by atoms with Crippen molar-refractivity contribution >= 4 is 16.9 Å². The number of hydrogen-bond donors (Lipinski definition) is 3. The molecule has 0 saturated heterocycles. The first kappa shape index (κ1) is 11.1. The topological polar surface area (TPSA) is 87.6 Å². The van der Waals surface area contributed by atoms with E-state index in [1.807, 2.05) is 36.5 Å². The van der Waals surface area contributed by atoms with E-state index in [9.17, 15) is 4.79 Å². The number of benzene rings is 1. The van der Waals surface area contributed by atoms with Crippen molar-refractivity contribution in [2.75, 3.05) is 0 Å². The summed E-state index contributed by atoms with van der Waals surface area (Å²) < 4.78 is 0. The number of nitrogens with zero attached hydrogens (tertiary/aromatic N) is 1. The summed E-state index contributed by atoms with van der Waals surface area (Å²) in [6.07, 6.45) is 1.84. The highest BCUT2D eigenvalue weighted by molar-refractivity contribution is 5.94. The molecule has 2 aromatic heterocycles. The summed E-state index contributed by atoms with van der Waals surface area (Å²) in [7, 11) is 0. The van der Waals surface area contributed by atoms with E-state index in [0.29, 0.717) is 5.56 Å². The Morgan fingerprint density at radius 3 is 2.95 bits per heavy atom. The van der Waals surface area contributed by atoms with Gasteiger partial charge in [0.1, 0.15) is 5.69 Å². The molecule has 1 aromatic carbocycles. The molecule has 0 saturated carbocycles. The van der Waals surface area contributed by atoms with Gasteiger partial charge in [-0.05, 0) is 12.1 Å². The van der Waals surface area contributed by atoms with Gasteiger partial charge in [0.2, 0.25) is 0 Å². The Kier molecular flexibility index (Phi) is 2.54. The number of fused-ring (bicyclic) bond motifs is 1. The number of nitrogens with one attached hydrogen (secondary N) is 2. The van der Waals surface area contributed by atoms with Gasteiger partial charge in [0, 0.05) is 23.2 Å². The van der Waals surface area contributed by atoms with Gasteiger partial charge in [-0.25, -0.2) is 0 Å². The van der Waals surface area contributed by atoms with Crippen molar-refractivity contribution in [1.82, 2.24) is 15.2 Å². The second-order valence-corrected chi connectivity index (χ2v) is 4.00. The molecule has 92 valence electrons. The van der Waals surface area contributed by atoms with E-state index in [0.717, 1.165) is 22.3 Å². The van der Waals surface area contributed by atoms with E-state index in [4.69, 9.17) is 5.73 Å². The molecular weight excluding hydrogens is 240 g/mol. The van der Waals surface area contributed by atoms with Gasteiger partial charge in [-0.3, -0.25) is 9.89 Å². The second kappa shape index (κ2) is 4.35. The smallest absolute Gasteiger partial charge is 0.293 e. The maximum Gasteiger partial charge on any atom is 0.293 e. The SMILES string of the molecule is NC(=O)C#Cc1ccccc1-c1n[nH]c2cc[nH]c12. The third kappa shape index (κ3) is 1.96. The van der Waals surface area contributed by atoms with Crippen LogP contribution in [0.4, 0.5) is 0 Å². The molecule has 5 nitrogen and oxygen atoms in total. The fourth-order valence-electron chi connectivity index (χ4n) is 1.95. The number of rotatable bonds is 1. The van der Waals surface area contributed by atoms with Gasteiger partial charge in [-0.1, -0.05) is 24.1 Å². The zero-order valence-corrected chi connectivity index (χ0v) is 9.90. The zero-order chi connectivity index (χ0) is 13.2.